The molecule has 2 saturated heterocycles. The Kier molecular flexibility index (Phi) is 7.55. The fourth-order valence-electron chi connectivity index (χ4n) is 4.51. The second-order valence-electron chi connectivity index (χ2n) is 9.09. The van der Waals surface area contributed by atoms with Crippen molar-refractivity contribution in [1.29, 1.82) is 0 Å². The van der Waals surface area contributed by atoms with Crippen LogP contribution >= 0.6 is 0 Å². The van der Waals surface area contributed by atoms with Gasteiger partial charge in [-0.05, 0) is 30.2 Å². The van der Waals surface area contributed by atoms with E-state index >= 15 is 0 Å². The molecule has 6 nitrogen and oxygen atoms in total. The molecule has 1 unspecified atom stereocenters. The molecule has 0 bridgehead atoms. The summed E-state index contributed by atoms with van der Waals surface area (Å²) in [6.45, 7) is 7.04. The molecular formula is C26H34N4O2. The van der Waals surface area contributed by atoms with Crippen LogP contribution in [-0.2, 0) is 29.1 Å². The van der Waals surface area contributed by atoms with Gasteiger partial charge in [-0.1, -0.05) is 54.6 Å². The monoisotopic (exact) mass is 434 g/mol. The Balaban J connectivity index is 1.23. The van der Waals surface area contributed by atoms with Crippen LogP contribution in [0.1, 0.15) is 23.1 Å². The highest BCUT2D eigenvalue weighted by molar-refractivity contribution is 5.89. The molecule has 4 rings (SSSR count). The van der Waals surface area contributed by atoms with Crippen LogP contribution in [0, 0.1) is 5.92 Å². The third kappa shape index (κ3) is 6.17. The van der Waals surface area contributed by atoms with Gasteiger partial charge in [0.15, 0.2) is 0 Å². The van der Waals surface area contributed by atoms with Crippen LogP contribution in [0.4, 0.5) is 0 Å². The van der Waals surface area contributed by atoms with Crippen molar-refractivity contribution in [3.8, 4) is 0 Å². The average Bonchev–Trinajstić information content (AvgIpc) is 3.19. The lowest BCUT2D eigenvalue weighted by Gasteiger charge is -2.32. The molecule has 1 atom stereocenters. The summed E-state index contributed by atoms with van der Waals surface area (Å²) in [7, 11) is 2.17. The Bertz CT molecular complexity index is 909. The lowest BCUT2D eigenvalue weighted by atomic mass is 10.1. The van der Waals surface area contributed by atoms with Gasteiger partial charge in [-0.25, -0.2) is 0 Å². The number of piperazine rings is 1. The third-order valence-corrected chi connectivity index (χ3v) is 6.56. The molecule has 0 aromatic heterocycles. The Morgan fingerprint density at radius 1 is 0.969 bits per heavy atom. The first-order chi connectivity index (χ1) is 15.6. The summed E-state index contributed by atoms with van der Waals surface area (Å²) < 4.78 is 0. The average molecular weight is 435 g/mol. The van der Waals surface area contributed by atoms with Gasteiger partial charge in [0, 0.05) is 58.8 Å². The summed E-state index contributed by atoms with van der Waals surface area (Å²) in [6.07, 6.45) is 1.13. The summed E-state index contributed by atoms with van der Waals surface area (Å²) >= 11 is 0. The number of carbonyl (C=O) groups excluding carboxylic acids is 2. The van der Waals surface area contributed by atoms with Crippen LogP contribution in [0.15, 0.2) is 54.6 Å². The van der Waals surface area contributed by atoms with E-state index in [1.54, 1.807) is 0 Å². The molecule has 32 heavy (non-hydrogen) atoms. The molecule has 1 N–H and O–H groups in total. The van der Waals surface area contributed by atoms with E-state index in [4.69, 9.17) is 0 Å². The van der Waals surface area contributed by atoms with Crippen LogP contribution in [0.5, 0.6) is 0 Å². The summed E-state index contributed by atoms with van der Waals surface area (Å²) in [5.41, 5.74) is 3.60. The van der Waals surface area contributed by atoms with Crippen molar-refractivity contribution in [2.75, 3.05) is 46.3 Å². The first-order valence-corrected chi connectivity index (χ1v) is 11.6. The normalized spacial score (nSPS) is 20.0. The molecular weight excluding hydrogens is 400 g/mol. The zero-order chi connectivity index (χ0) is 22.3. The minimum absolute atomic E-state index is 0.0231. The molecule has 0 saturated carbocycles. The molecule has 0 spiro atoms. The molecule has 2 heterocycles. The molecule has 170 valence electrons. The SMILES string of the molecule is CN1CCN(Cc2cccc(CNC(=O)C3CC(=O)N(CCc4ccccc4)C3)c2)CC1. The van der Waals surface area contributed by atoms with Crippen molar-refractivity contribution >= 4 is 11.8 Å². The van der Waals surface area contributed by atoms with Crippen LogP contribution < -0.4 is 5.32 Å². The summed E-state index contributed by atoms with van der Waals surface area (Å²) in [4.78, 5) is 31.8. The van der Waals surface area contributed by atoms with Crippen LogP contribution in [0.25, 0.3) is 0 Å². The van der Waals surface area contributed by atoms with Crippen molar-refractivity contribution < 1.29 is 9.59 Å². The Labute approximate surface area is 191 Å². The van der Waals surface area contributed by atoms with E-state index in [9.17, 15) is 9.59 Å². The van der Waals surface area contributed by atoms with Gasteiger partial charge < -0.3 is 15.1 Å². The first-order valence-electron chi connectivity index (χ1n) is 11.6. The molecule has 2 aromatic carbocycles. The maximum absolute atomic E-state index is 12.7. The molecule has 2 aromatic rings. The summed E-state index contributed by atoms with van der Waals surface area (Å²) in [6, 6.07) is 18.6. The number of hydrogen-bond acceptors (Lipinski definition) is 4. The van der Waals surface area contributed by atoms with Crippen molar-refractivity contribution in [2.24, 2.45) is 5.92 Å². The van der Waals surface area contributed by atoms with Crippen molar-refractivity contribution in [3.05, 3.63) is 71.3 Å². The van der Waals surface area contributed by atoms with Gasteiger partial charge >= 0.3 is 0 Å². The highest BCUT2D eigenvalue weighted by Gasteiger charge is 2.33. The smallest absolute Gasteiger partial charge is 0.225 e. The molecule has 2 fully saturated rings. The maximum Gasteiger partial charge on any atom is 0.225 e. The summed E-state index contributed by atoms with van der Waals surface area (Å²) in [5.74, 6) is -0.202. The van der Waals surface area contributed by atoms with E-state index < -0.39 is 0 Å². The van der Waals surface area contributed by atoms with Gasteiger partial charge in [0.05, 0.1) is 5.92 Å². The summed E-state index contributed by atoms with van der Waals surface area (Å²) in [5, 5.41) is 3.05. The maximum atomic E-state index is 12.7. The zero-order valence-corrected chi connectivity index (χ0v) is 19.0. The number of benzene rings is 2. The molecule has 2 aliphatic rings. The number of likely N-dealkylation sites (N-methyl/N-ethyl adjacent to an activating group) is 1. The molecule has 0 aliphatic carbocycles. The zero-order valence-electron chi connectivity index (χ0n) is 19.0. The fourth-order valence-corrected chi connectivity index (χ4v) is 4.51. The fraction of sp³-hybridized carbons (Fsp3) is 0.462. The Hall–Kier alpha value is -2.70. The quantitative estimate of drug-likeness (QED) is 0.692. The van der Waals surface area contributed by atoms with E-state index in [-0.39, 0.29) is 17.7 Å². The predicted octanol–water partition coefficient (Wildman–Crippen LogP) is 2.14. The van der Waals surface area contributed by atoms with Crippen molar-refractivity contribution in [1.82, 2.24) is 20.0 Å². The van der Waals surface area contributed by atoms with Gasteiger partial charge in [-0.15, -0.1) is 0 Å². The first kappa shape index (κ1) is 22.5. The number of amides is 2. The van der Waals surface area contributed by atoms with Gasteiger partial charge in [-0.3, -0.25) is 14.5 Å². The van der Waals surface area contributed by atoms with E-state index in [1.165, 1.54) is 11.1 Å². The van der Waals surface area contributed by atoms with Crippen LogP contribution in [0.2, 0.25) is 0 Å². The third-order valence-electron chi connectivity index (χ3n) is 6.56. The minimum Gasteiger partial charge on any atom is -0.352 e. The minimum atomic E-state index is -0.258. The van der Waals surface area contributed by atoms with E-state index in [0.717, 1.165) is 44.7 Å². The van der Waals surface area contributed by atoms with Crippen LogP contribution in [-0.4, -0.2) is 72.8 Å². The molecule has 6 heteroatoms. The number of hydrogen-bond donors (Lipinski definition) is 1. The lowest BCUT2D eigenvalue weighted by molar-refractivity contribution is -0.129. The molecule has 0 radical (unpaired) electrons. The second kappa shape index (κ2) is 10.7. The molecule has 2 aliphatic heterocycles. The van der Waals surface area contributed by atoms with E-state index in [0.29, 0.717) is 26.1 Å². The number of carbonyl (C=O) groups is 2. The standard InChI is InChI=1S/C26H34N4O2/c1-28-12-14-29(15-13-28)19-23-9-5-8-22(16-23)18-27-26(32)24-17-25(31)30(20-24)11-10-21-6-3-2-4-7-21/h2-9,16,24H,10-15,17-20H2,1H3,(H,27,32). The van der Waals surface area contributed by atoms with Gasteiger partial charge in [0.2, 0.25) is 11.8 Å². The largest absolute Gasteiger partial charge is 0.352 e. The topological polar surface area (TPSA) is 55.9 Å². The van der Waals surface area contributed by atoms with Gasteiger partial charge in [0.1, 0.15) is 0 Å². The Morgan fingerprint density at radius 2 is 1.69 bits per heavy atom. The van der Waals surface area contributed by atoms with Gasteiger partial charge in [-0.2, -0.15) is 0 Å². The Morgan fingerprint density at radius 3 is 2.47 bits per heavy atom. The number of nitrogens with one attached hydrogen (secondary N) is 1. The van der Waals surface area contributed by atoms with Gasteiger partial charge in [0.25, 0.3) is 0 Å². The molecule has 2 amide bonds. The van der Waals surface area contributed by atoms with E-state index in [1.807, 2.05) is 23.1 Å². The highest BCUT2D eigenvalue weighted by atomic mass is 16.2. The predicted molar refractivity (Wildman–Crippen MR) is 126 cm³/mol. The van der Waals surface area contributed by atoms with Crippen LogP contribution in [0.3, 0.4) is 0 Å². The second-order valence-corrected chi connectivity index (χ2v) is 9.09. The number of nitrogens with zero attached hydrogens (tertiary/aromatic N) is 3. The highest BCUT2D eigenvalue weighted by Crippen LogP contribution is 2.19. The lowest BCUT2D eigenvalue weighted by Crippen LogP contribution is -2.43. The number of likely N-dealkylation sites (tertiary alicyclic amines) is 1. The van der Waals surface area contributed by atoms with Crippen molar-refractivity contribution in [3.63, 3.8) is 0 Å². The van der Waals surface area contributed by atoms with E-state index in [2.05, 4.69) is 58.6 Å². The van der Waals surface area contributed by atoms with Crippen molar-refractivity contribution in [2.45, 2.75) is 25.9 Å². The number of rotatable bonds is 8.